The number of carbonyl (C=O) groups is 1. The molecule has 2 heterocycles. The molecule has 6 rings (SSSR count). The average Bonchev–Trinajstić information content (AvgIpc) is 3.12. The van der Waals surface area contributed by atoms with E-state index in [1.54, 1.807) is 0 Å². The molecule has 0 amide bonds. The lowest BCUT2D eigenvalue weighted by Gasteiger charge is -2.33. The van der Waals surface area contributed by atoms with E-state index in [2.05, 4.69) is 43.2 Å². The fourth-order valence-electron chi connectivity index (χ4n) is 5.73. The molecule has 1 unspecified atom stereocenters. The summed E-state index contributed by atoms with van der Waals surface area (Å²) >= 11 is 0. The van der Waals surface area contributed by atoms with Crippen molar-refractivity contribution in [1.29, 1.82) is 5.26 Å². The number of pyridine rings is 1. The fourth-order valence-corrected chi connectivity index (χ4v) is 5.73. The number of hydrogen-bond donors (Lipinski definition) is 0. The largest absolute Gasteiger partial charge is 0.297 e. The minimum Gasteiger partial charge on any atom is -0.297 e. The summed E-state index contributed by atoms with van der Waals surface area (Å²) in [7, 11) is 0. The maximum Gasteiger partial charge on any atom is 0.160 e. The monoisotopic (exact) mass is 384 g/mol. The second kappa shape index (κ2) is 5.66. The van der Waals surface area contributed by atoms with E-state index in [4.69, 9.17) is 10.4 Å². The van der Waals surface area contributed by atoms with E-state index in [0.717, 1.165) is 25.0 Å². The van der Waals surface area contributed by atoms with Gasteiger partial charge in [-0.05, 0) is 48.8 Å². The van der Waals surface area contributed by atoms with E-state index in [1.165, 1.54) is 28.0 Å². The van der Waals surface area contributed by atoms with Gasteiger partial charge >= 0.3 is 0 Å². The quantitative estimate of drug-likeness (QED) is 0.790. The first-order chi connectivity index (χ1) is 14.0. The molecule has 1 atom stereocenters. The lowest BCUT2D eigenvalue weighted by molar-refractivity contribution is -0.131. The van der Waals surface area contributed by atoms with Crippen LogP contribution in [0.2, 0.25) is 0 Å². The summed E-state index contributed by atoms with van der Waals surface area (Å²) in [4.78, 5) is 17.9. The van der Waals surface area contributed by atoms with Crippen LogP contribution in [0.1, 0.15) is 62.5 Å². The third-order valence-corrected chi connectivity index (χ3v) is 7.47. The summed E-state index contributed by atoms with van der Waals surface area (Å²) in [5, 5.41) is 14.2. The van der Waals surface area contributed by atoms with Crippen LogP contribution in [0.3, 0.4) is 0 Å². The van der Waals surface area contributed by atoms with Gasteiger partial charge in [0.1, 0.15) is 6.04 Å². The third kappa shape index (κ3) is 2.18. The SMILES string of the molecule is CC(C)C(C(=O)C1CC(C#N)C1)n1cc2c(n1)C1(CC1)C1=CCc3nccc-2c31. The van der Waals surface area contributed by atoms with Gasteiger partial charge in [-0.2, -0.15) is 10.4 Å². The molecule has 0 saturated heterocycles. The smallest absolute Gasteiger partial charge is 0.160 e. The highest BCUT2D eigenvalue weighted by molar-refractivity contribution is 5.96. The molecule has 5 nitrogen and oxygen atoms in total. The Morgan fingerprint density at radius 2 is 2.10 bits per heavy atom. The molecule has 0 bridgehead atoms. The van der Waals surface area contributed by atoms with Crippen molar-refractivity contribution < 1.29 is 4.79 Å². The molecule has 0 N–H and O–H groups in total. The number of ketones is 1. The predicted molar refractivity (Wildman–Crippen MR) is 109 cm³/mol. The van der Waals surface area contributed by atoms with Gasteiger partial charge in [-0.15, -0.1) is 0 Å². The maximum absolute atomic E-state index is 13.3. The topological polar surface area (TPSA) is 71.6 Å². The van der Waals surface area contributed by atoms with Crippen molar-refractivity contribution in [3.05, 3.63) is 41.5 Å². The van der Waals surface area contributed by atoms with Crippen LogP contribution >= 0.6 is 0 Å². The van der Waals surface area contributed by atoms with Crippen molar-refractivity contribution in [2.75, 3.05) is 0 Å². The Hall–Kier alpha value is -2.74. The van der Waals surface area contributed by atoms with Gasteiger partial charge in [0.15, 0.2) is 5.78 Å². The Morgan fingerprint density at radius 3 is 2.79 bits per heavy atom. The number of nitrogens with zero attached hydrogens (tertiary/aromatic N) is 4. The number of carbonyl (C=O) groups excluding carboxylic acids is 1. The van der Waals surface area contributed by atoms with Crippen LogP contribution in [0.4, 0.5) is 0 Å². The molecule has 1 spiro atoms. The Balaban J connectivity index is 1.45. The van der Waals surface area contributed by atoms with Gasteiger partial charge in [0.25, 0.3) is 0 Å². The summed E-state index contributed by atoms with van der Waals surface area (Å²) < 4.78 is 1.95. The molecule has 2 saturated carbocycles. The lowest BCUT2D eigenvalue weighted by Crippen LogP contribution is -2.37. The van der Waals surface area contributed by atoms with E-state index in [-0.39, 0.29) is 35.0 Å². The molecular weight excluding hydrogens is 360 g/mol. The summed E-state index contributed by atoms with van der Waals surface area (Å²) in [6.45, 7) is 4.20. The van der Waals surface area contributed by atoms with Crippen LogP contribution in [0, 0.1) is 29.1 Å². The van der Waals surface area contributed by atoms with E-state index < -0.39 is 0 Å². The van der Waals surface area contributed by atoms with Crippen LogP contribution in [0.25, 0.3) is 16.7 Å². The van der Waals surface area contributed by atoms with Crippen molar-refractivity contribution in [3.8, 4) is 17.2 Å². The second-order valence-electron chi connectivity index (χ2n) is 9.54. The number of fused-ring (bicyclic) bond motifs is 4. The van der Waals surface area contributed by atoms with Gasteiger partial charge in [-0.3, -0.25) is 14.5 Å². The van der Waals surface area contributed by atoms with E-state index in [1.807, 2.05) is 10.9 Å². The first-order valence-corrected chi connectivity index (χ1v) is 10.8. The highest BCUT2D eigenvalue weighted by Gasteiger charge is 2.56. The molecule has 5 heteroatoms. The summed E-state index contributed by atoms with van der Waals surface area (Å²) in [5.74, 6) is 0.450. The Morgan fingerprint density at radius 1 is 1.31 bits per heavy atom. The van der Waals surface area contributed by atoms with Crippen molar-refractivity contribution in [1.82, 2.24) is 14.8 Å². The first kappa shape index (κ1) is 17.1. The lowest BCUT2D eigenvalue weighted by atomic mass is 9.71. The predicted octanol–water partition coefficient (Wildman–Crippen LogP) is 4.25. The molecule has 2 aromatic rings. The summed E-state index contributed by atoms with van der Waals surface area (Å²) in [5.41, 5.74) is 7.50. The van der Waals surface area contributed by atoms with Gasteiger partial charge < -0.3 is 0 Å². The van der Waals surface area contributed by atoms with Gasteiger partial charge in [-0.25, -0.2) is 0 Å². The minimum absolute atomic E-state index is 0.000549. The zero-order valence-corrected chi connectivity index (χ0v) is 16.9. The molecule has 0 aliphatic heterocycles. The van der Waals surface area contributed by atoms with Gasteiger partial charge in [0, 0.05) is 47.2 Å². The number of allylic oxidation sites excluding steroid dienone is 2. The number of aromatic nitrogens is 3. The Bertz CT molecular complexity index is 1120. The molecular formula is C24H24N4O. The van der Waals surface area contributed by atoms with E-state index in [0.29, 0.717) is 12.8 Å². The van der Waals surface area contributed by atoms with Crippen LogP contribution in [0.15, 0.2) is 24.5 Å². The van der Waals surface area contributed by atoms with Crippen LogP contribution in [-0.2, 0) is 16.6 Å². The summed E-state index contributed by atoms with van der Waals surface area (Å²) in [6, 6.07) is 4.14. The fraction of sp³-hybridized carbons (Fsp3) is 0.500. The average molecular weight is 384 g/mol. The molecule has 4 aliphatic rings. The first-order valence-electron chi connectivity index (χ1n) is 10.8. The number of rotatable bonds is 4. The molecule has 29 heavy (non-hydrogen) atoms. The van der Waals surface area contributed by atoms with Crippen molar-refractivity contribution in [2.45, 2.75) is 57.4 Å². The Kier molecular flexibility index (Phi) is 3.35. The van der Waals surface area contributed by atoms with Crippen molar-refractivity contribution in [3.63, 3.8) is 0 Å². The normalized spacial score (nSPS) is 25.7. The second-order valence-corrected chi connectivity index (χ2v) is 9.54. The van der Waals surface area contributed by atoms with Crippen LogP contribution in [0.5, 0.6) is 0 Å². The minimum atomic E-state index is -0.263. The van der Waals surface area contributed by atoms with E-state index >= 15 is 0 Å². The molecule has 146 valence electrons. The molecule has 0 aromatic carbocycles. The molecule has 2 fully saturated rings. The molecule has 4 aliphatic carbocycles. The Labute approximate surface area is 170 Å². The van der Waals surface area contributed by atoms with Gasteiger partial charge in [0.2, 0.25) is 0 Å². The zero-order valence-electron chi connectivity index (χ0n) is 16.9. The van der Waals surface area contributed by atoms with Crippen LogP contribution in [-0.4, -0.2) is 20.5 Å². The van der Waals surface area contributed by atoms with Gasteiger partial charge in [0.05, 0.1) is 17.5 Å². The highest BCUT2D eigenvalue weighted by Crippen LogP contribution is 2.64. The zero-order chi connectivity index (χ0) is 19.9. The number of Topliss-reactive ketones (excluding diaryl/α,β-unsaturated/α-hetero) is 1. The van der Waals surface area contributed by atoms with Crippen LogP contribution < -0.4 is 0 Å². The van der Waals surface area contributed by atoms with E-state index in [9.17, 15) is 4.79 Å². The summed E-state index contributed by atoms with van der Waals surface area (Å²) in [6.07, 6.45) is 10.9. The van der Waals surface area contributed by atoms with Gasteiger partial charge in [-0.1, -0.05) is 19.9 Å². The molecule has 2 aromatic heterocycles. The highest BCUT2D eigenvalue weighted by atomic mass is 16.1. The number of hydrogen-bond acceptors (Lipinski definition) is 4. The maximum atomic E-state index is 13.3. The standard InChI is InChI=1S/C24H24N4O/c1-13(2)21(22(29)15-9-14(10-15)11-25)28-12-17-16-5-8-26-19-4-3-18(20(16)19)24(6-7-24)23(17)27-28/h3,5,8,12-15,21H,4,6-7,9-10H2,1-2H3. The third-order valence-electron chi connectivity index (χ3n) is 7.47. The molecule has 0 radical (unpaired) electrons. The number of nitriles is 1. The van der Waals surface area contributed by atoms with Crippen molar-refractivity contribution in [2.24, 2.45) is 17.8 Å². The van der Waals surface area contributed by atoms with Crippen molar-refractivity contribution >= 4 is 11.4 Å².